The summed E-state index contributed by atoms with van der Waals surface area (Å²) in [5, 5.41) is 9.97. The van der Waals surface area contributed by atoms with Crippen molar-refractivity contribution in [2.24, 2.45) is 0 Å². The Balaban J connectivity index is 2.45. The van der Waals surface area contributed by atoms with Crippen molar-refractivity contribution in [3.05, 3.63) is 34.9 Å². The molecule has 1 saturated carbocycles. The molecule has 0 aromatic heterocycles. The van der Waals surface area contributed by atoms with Crippen LogP contribution in [-0.2, 0) is 10.7 Å². The maximum Gasteiger partial charge on any atom is 0.0824 e. The van der Waals surface area contributed by atoms with Gasteiger partial charge in [0.2, 0.25) is 0 Å². The van der Waals surface area contributed by atoms with Crippen molar-refractivity contribution in [2.45, 2.75) is 30.5 Å². The highest BCUT2D eigenvalue weighted by Gasteiger charge is 2.44. The van der Waals surface area contributed by atoms with Gasteiger partial charge in [0, 0.05) is 5.33 Å². The first-order chi connectivity index (χ1) is 6.70. The Labute approximate surface area is 92.9 Å². The fourth-order valence-corrected chi connectivity index (χ4v) is 2.13. The van der Waals surface area contributed by atoms with Crippen molar-refractivity contribution >= 4 is 15.9 Å². The first-order valence-electron chi connectivity index (χ1n) is 4.78. The molecule has 0 unspecified atom stereocenters. The largest absolute Gasteiger partial charge is 0.197 e. The van der Waals surface area contributed by atoms with Gasteiger partial charge in [-0.05, 0) is 30.9 Å². The Hall–Kier alpha value is -0.810. The van der Waals surface area contributed by atoms with Crippen LogP contribution in [0.25, 0.3) is 0 Å². The average Bonchev–Trinajstić information content (AvgIpc) is 2.97. The third-order valence-corrected chi connectivity index (χ3v) is 3.46. The number of nitriles is 1. The van der Waals surface area contributed by atoms with Gasteiger partial charge in [0.15, 0.2) is 0 Å². The highest BCUT2D eigenvalue weighted by Crippen LogP contribution is 2.47. The van der Waals surface area contributed by atoms with Crippen LogP contribution in [0.2, 0.25) is 0 Å². The molecule has 1 aliphatic carbocycles. The molecule has 1 fully saturated rings. The predicted octanol–water partition coefficient (Wildman–Crippen LogP) is 3.45. The quantitative estimate of drug-likeness (QED) is 0.737. The van der Waals surface area contributed by atoms with Crippen molar-refractivity contribution < 1.29 is 0 Å². The van der Waals surface area contributed by atoms with Gasteiger partial charge < -0.3 is 0 Å². The van der Waals surface area contributed by atoms with Crippen molar-refractivity contribution in [1.29, 1.82) is 5.26 Å². The number of alkyl halides is 1. The topological polar surface area (TPSA) is 23.8 Å². The van der Waals surface area contributed by atoms with Crippen LogP contribution in [0.15, 0.2) is 18.2 Å². The second kappa shape index (κ2) is 3.40. The molecule has 0 radical (unpaired) electrons. The van der Waals surface area contributed by atoms with E-state index in [1.165, 1.54) is 16.7 Å². The zero-order chi connectivity index (χ0) is 10.2. The molecule has 0 atom stereocenters. The van der Waals surface area contributed by atoms with Crippen LogP contribution in [-0.4, -0.2) is 0 Å². The summed E-state index contributed by atoms with van der Waals surface area (Å²) < 4.78 is 0. The zero-order valence-corrected chi connectivity index (χ0v) is 9.76. The van der Waals surface area contributed by atoms with E-state index in [-0.39, 0.29) is 5.41 Å². The van der Waals surface area contributed by atoms with Gasteiger partial charge in [0.1, 0.15) is 0 Å². The number of aryl methyl sites for hydroxylation is 1. The molecule has 2 rings (SSSR count). The number of rotatable bonds is 2. The molecule has 0 heterocycles. The maximum atomic E-state index is 9.10. The minimum Gasteiger partial charge on any atom is -0.197 e. The van der Waals surface area contributed by atoms with Gasteiger partial charge in [-0.2, -0.15) is 5.26 Å². The van der Waals surface area contributed by atoms with Crippen LogP contribution in [0.3, 0.4) is 0 Å². The van der Waals surface area contributed by atoms with Crippen LogP contribution in [0.5, 0.6) is 0 Å². The van der Waals surface area contributed by atoms with E-state index in [2.05, 4.69) is 47.1 Å². The first kappa shape index (κ1) is 9.73. The lowest BCUT2D eigenvalue weighted by Crippen LogP contribution is -2.03. The summed E-state index contributed by atoms with van der Waals surface area (Å²) in [6, 6.07) is 8.88. The summed E-state index contributed by atoms with van der Waals surface area (Å²) in [6.07, 6.45) is 2.04. The normalized spacial score (nSPS) is 17.5. The van der Waals surface area contributed by atoms with E-state index >= 15 is 0 Å². The third-order valence-electron chi connectivity index (χ3n) is 2.81. The van der Waals surface area contributed by atoms with Gasteiger partial charge in [-0.1, -0.05) is 39.7 Å². The molecule has 1 aromatic carbocycles. The minimum atomic E-state index is -0.150. The van der Waals surface area contributed by atoms with E-state index in [1.807, 2.05) is 0 Å². The van der Waals surface area contributed by atoms with Crippen LogP contribution in [0.4, 0.5) is 0 Å². The Morgan fingerprint density at radius 2 is 2.14 bits per heavy atom. The van der Waals surface area contributed by atoms with Gasteiger partial charge in [-0.15, -0.1) is 0 Å². The molecule has 14 heavy (non-hydrogen) atoms. The molecule has 0 N–H and O–H groups in total. The smallest absolute Gasteiger partial charge is 0.0824 e. The summed E-state index contributed by atoms with van der Waals surface area (Å²) in [4.78, 5) is 0. The SMILES string of the molecule is Cc1cc(CBr)cc(C2(C#N)CC2)c1. The molecule has 1 aliphatic rings. The van der Waals surface area contributed by atoms with Crippen LogP contribution in [0, 0.1) is 18.3 Å². The van der Waals surface area contributed by atoms with Crippen molar-refractivity contribution in [3.8, 4) is 6.07 Å². The van der Waals surface area contributed by atoms with E-state index in [0.717, 1.165) is 18.2 Å². The van der Waals surface area contributed by atoms with E-state index in [1.54, 1.807) is 0 Å². The number of hydrogen-bond acceptors (Lipinski definition) is 1. The molecule has 1 aromatic rings. The number of halogens is 1. The van der Waals surface area contributed by atoms with E-state index < -0.39 is 0 Å². The van der Waals surface area contributed by atoms with Crippen molar-refractivity contribution in [3.63, 3.8) is 0 Å². The van der Waals surface area contributed by atoms with Gasteiger partial charge in [-0.3, -0.25) is 0 Å². The van der Waals surface area contributed by atoms with E-state index in [9.17, 15) is 0 Å². The minimum absolute atomic E-state index is 0.150. The second-order valence-electron chi connectivity index (χ2n) is 4.03. The molecule has 0 bridgehead atoms. The number of benzene rings is 1. The van der Waals surface area contributed by atoms with Crippen molar-refractivity contribution in [1.82, 2.24) is 0 Å². The van der Waals surface area contributed by atoms with Gasteiger partial charge in [-0.25, -0.2) is 0 Å². The standard InChI is InChI=1S/C12H12BrN/c1-9-4-10(7-13)6-11(5-9)12(8-14)2-3-12/h4-6H,2-3,7H2,1H3. The maximum absolute atomic E-state index is 9.10. The second-order valence-corrected chi connectivity index (χ2v) is 4.60. The molecule has 0 spiro atoms. The van der Waals surface area contributed by atoms with Gasteiger partial charge in [0.05, 0.1) is 11.5 Å². The summed E-state index contributed by atoms with van der Waals surface area (Å²) in [6.45, 7) is 2.09. The molecular weight excluding hydrogens is 238 g/mol. The van der Waals surface area contributed by atoms with Gasteiger partial charge in [0.25, 0.3) is 0 Å². The Kier molecular flexibility index (Phi) is 2.36. The Morgan fingerprint density at radius 3 is 2.64 bits per heavy atom. The molecule has 0 saturated heterocycles. The molecule has 0 aliphatic heterocycles. The fourth-order valence-electron chi connectivity index (χ4n) is 1.81. The summed E-state index contributed by atoms with van der Waals surface area (Å²) in [7, 11) is 0. The number of hydrogen-bond donors (Lipinski definition) is 0. The predicted molar refractivity (Wildman–Crippen MR) is 60.3 cm³/mol. The lowest BCUT2D eigenvalue weighted by molar-refractivity contribution is 0.903. The molecule has 72 valence electrons. The molecule has 0 amide bonds. The van der Waals surface area contributed by atoms with Crippen molar-refractivity contribution in [2.75, 3.05) is 0 Å². The zero-order valence-electron chi connectivity index (χ0n) is 8.18. The van der Waals surface area contributed by atoms with E-state index in [4.69, 9.17) is 5.26 Å². The van der Waals surface area contributed by atoms with Crippen LogP contribution >= 0.6 is 15.9 Å². The monoisotopic (exact) mass is 249 g/mol. The molecular formula is C12H12BrN. The summed E-state index contributed by atoms with van der Waals surface area (Å²) in [5.74, 6) is 0. The Morgan fingerprint density at radius 1 is 1.43 bits per heavy atom. The third kappa shape index (κ3) is 1.57. The summed E-state index contributed by atoms with van der Waals surface area (Å²) >= 11 is 3.45. The first-order valence-corrected chi connectivity index (χ1v) is 5.91. The molecule has 1 nitrogen and oxygen atoms in total. The lowest BCUT2D eigenvalue weighted by atomic mass is 9.94. The van der Waals surface area contributed by atoms with E-state index in [0.29, 0.717) is 0 Å². The Bertz CT molecular complexity index is 399. The highest BCUT2D eigenvalue weighted by atomic mass is 79.9. The van der Waals surface area contributed by atoms with Gasteiger partial charge >= 0.3 is 0 Å². The fraction of sp³-hybridized carbons (Fsp3) is 0.417. The number of nitrogens with zero attached hydrogens (tertiary/aromatic N) is 1. The molecule has 2 heteroatoms. The lowest BCUT2D eigenvalue weighted by Gasteiger charge is -2.09. The average molecular weight is 250 g/mol. The summed E-state index contributed by atoms with van der Waals surface area (Å²) in [5.41, 5.74) is 3.57. The highest BCUT2D eigenvalue weighted by molar-refractivity contribution is 9.08. The van der Waals surface area contributed by atoms with Crippen LogP contribution < -0.4 is 0 Å². The van der Waals surface area contributed by atoms with Crippen LogP contribution in [0.1, 0.15) is 29.5 Å².